The van der Waals surface area contributed by atoms with Gasteiger partial charge in [-0.2, -0.15) is 0 Å². The fourth-order valence-corrected chi connectivity index (χ4v) is 2.41. The van der Waals surface area contributed by atoms with Crippen molar-refractivity contribution in [2.45, 2.75) is 38.6 Å². The molecule has 0 unspecified atom stereocenters. The van der Waals surface area contributed by atoms with Gasteiger partial charge < -0.3 is 10.6 Å². The van der Waals surface area contributed by atoms with E-state index in [9.17, 15) is 4.79 Å². The van der Waals surface area contributed by atoms with Gasteiger partial charge in [0.2, 0.25) is 0 Å². The molecule has 2 heterocycles. The van der Waals surface area contributed by atoms with Crippen LogP contribution in [0, 0.1) is 0 Å². The predicted molar refractivity (Wildman–Crippen MR) is 67.6 cm³/mol. The molecule has 1 aliphatic heterocycles. The number of nitrogens with two attached hydrogens (primary N) is 1. The Morgan fingerprint density at radius 3 is 3.06 bits per heavy atom. The van der Waals surface area contributed by atoms with Crippen LogP contribution in [-0.4, -0.2) is 28.4 Å². The third-order valence-corrected chi connectivity index (χ3v) is 3.35. The van der Waals surface area contributed by atoms with Gasteiger partial charge in [0.25, 0.3) is 5.91 Å². The molecule has 92 valence electrons. The van der Waals surface area contributed by atoms with Gasteiger partial charge in [0.15, 0.2) is 0 Å². The molecule has 0 saturated carbocycles. The molecule has 1 atom stereocenters. The average molecular weight is 233 g/mol. The van der Waals surface area contributed by atoms with Crippen LogP contribution >= 0.6 is 0 Å². The van der Waals surface area contributed by atoms with Gasteiger partial charge in [0.05, 0.1) is 0 Å². The maximum atomic E-state index is 12.3. The number of nitrogens with zero attached hydrogens (tertiary/aromatic N) is 2. The van der Waals surface area contributed by atoms with Crippen LogP contribution in [0.3, 0.4) is 0 Å². The minimum absolute atomic E-state index is 0.0175. The fraction of sp³-hybridized carbons (Fsp3) is 0.538. The first kappa shape index (κ1) is 11.9. The highest BCUT2D eigenvalue weighted by atomic mass is 16.2. The molecule has 1 aromatic heterocycles. The van der Waals surface area contributed by atoms with Crippen molar-refractivity contribution >= 4 is 11.7 Å². The SMILES string of the molecule is CC[C@H]1CCCCN1C(=O)c1cccc(N)n1. The summed E-state index contributed by atoms with van der Waals surface area (Å²) < 4.78 is 0. The summed E-state index contributed by atoms with van der Waals surface area (Å²) in [5, 5.41) is 0. The van der Waals surface area contributed by atoms with Crippen molar-refractivity contribution in [2.75, 3.05) is 12.3 Å². The van der Waals surface area contributed by atoms with Crippen LogP contribution in [0.2, 0.25) is 0 Å². The lowest BCUT2D eigenvalue weighted by molar-refractivity contribution is 0.0602. The second-order valence-corrected chi connectivity index (χ2v) is 4.50. The first-order chi connectivity index (χ1) is 8.22. The maximum absolute atomic E-state index is 12.3. The molecular weight excluding hydrogens is 214 g/mol. The first-order valence-electron chi connectivity index (χ1n) is 6.26. The number of pyridine rings is 1. The molecule has 0 aromatic carbocycles. The van der Waals surface area contributed by atoms with E-state index in [1.54, 1.807) is 18.2 Å². The Balaban J connectivity index is 2.18. The largest absolute Gasteiger partial charge is 0.384 e. The smallest absolute Gasteiger partial charge is 0.272 e. The summed E-state index contributed by atoms with van der Waals surface area (Å²) in [7, 11) is 0. The van der Waals surface area contributed by atoms with E-state index in [4.69, 9.17) is 5.73 Å². The Bertz CT molecular complexity index is 405. The van der Waals surface area contributed by atoms with Gasteiger partial charge >= 0.3 is 0 Å². The van der Waals surface area contributed by atoms with E-state index in [0.29, 0.717) is 17.6 Å². The summed E-state index contributed by atoms with van der Waals surface area (Å²) in [6.07, 6.45) is 4.41. The number of aromatic nitrogens is 1. The number of anilines is 1. The third-order valence-electron chi connectivity index (χ3n) is 3.35. The summed E-state index contributed by atoms with van der Waals surface area (Å²) in [6, 6.07) is 5.57. The standard InChI is InChI=1S/C13H19N3O/c1-2-10-6-3-4-9-16(10)13(17)11-7-5-8-12(14)15-11/h5,7-8,10H,2-4,6,9H2,1H3,(H2,14,15)/t10-/m0/s1. The molecule has 4 nitrogen and oxygen atoms in total. The molecule has 1 amide bonds. The second kappa shape index (κ2) is 5.17. The number of piperidine rings is 1. The number of amides is 1. The van der Waals surface area contributed by atoms with Crippen LogP contribution in [0.25, 0.3) is 0 Å². The molecule has 2 N–H and O–H groups in total. The van der Waals surface area contributed by atoms with Gasteiger partial charge in [0.1, 0.15) is 11.5 Å². The van der Waals surface area contributed by atoms with Crippen molar-refractivity contribution in [1.29, 1.82) is 0 Å². The molecule has 2 rings (SSSR count). The number of rotatable bonds is 2. The molecule has 0 radical (unpaired) electrons. The zero-order valence-corrected chi connectivity index (χ0v) is 10.2. The highest BCUT2D eigenvalue weighted by molar-refractivity contribution is 5.92. The lowest BCUT2D eigenvalue weighted by Crippen LogP contribution is -2.43. The summed E-state index contributed by atoms with van der Waals surface area (Å²) in [4.78, 5) is 18.4. The molecule has 1 fully saturated rings. The summed E-state index contributed by atoms with van der Waals surface area (Å²) in [5.74, 6) is 0.421. The lowest BCUT2D eigenvalue weighted by Gasteiger charge is -2.35. The van der Waals surface area contributed by atoms with Crippen molar-refractivity contribution in [1.82, 2.24) is 9.88 Å². The zero-order valence-electron chi connectivity index (χ0n) is 10.2. The number of hydrogen-bond donors (Lipinski definition) is 1. The third kappa shape index (κ3) is 2.57. The van der Waals surface area contributed by atoms with E-state index in [-0.39, 0.29) is 5.91 Å². The van der Waals surface area contributed by atoms with Gasteiger partial charge in [-0.3, -0.25) is 4.79 Å². The van der Waals surface area contributed by atoms with Crippen molar-refractivity contribution in [2.24, 2.45) is 0 Å². The van der Waals surface area contributed by atoms with Gasteiger partial charge in [0, 0.05) is 12.6 Å². The first-order valence-corrected chi connectivity index (χ1v) is 6.26. The molecule has 17 heavy (non-hydrogen) atoms. The fourth-order valence-electron chi connectivity index (χ4n) is 2.41. The maximum Gasteiger partial charge on any atom is 0.272 e. The Kier molecular flexibility index (Phi) is 3.61. The molecule has 4 heteroatoms. The highest BCUT2D eigenvalue weighted by Crippen LogP contribution is 2.21. The highest BCUT2D eigenvalue weighted by Gasteiger charge is 2.26. The summed E-state index contributed by atoms with van der Waals surface area (Å²) >= 11 is 0. The molecule has 0 bridgehead atoms. The van der Waals surface area contributed by atoms with E-state index in [1.807, 2.05) is 4.90 Å². The van der Waals surface area contributed by atoms with E-state index >= 15 is 0 Å². The molecule has 0 aliphatic carbocycles. The van der Waals surface area contributed by atoms with Gasteiger partial charge in [-0.05, 0) is 37.8 Å². The molecule has 1 aromatic rings. The Morgan fingerprint density at radius 1 is 1.53 bits per heavy atom. The van der Waals surface area contributed by atoms with E-state index in [0.717, 1.165) is 25.8 Å². The molecule has 1 saturated heterocycles. The van der Waals surface area contributed by atoms with Crippen LogP contribution in [0.4, 0.5) is 5.82 Å². The van der Waals surface area contributed by atoms with Crippen molar-refractivity contribution in [3.05, 3.63) is 23.9 Å². The minimum atomic E-state index is 0.0175. The van der Waals surface area contributed by atoms with E-state index in [2.05, 4.69) is 11.9 Å². The Morgan fingerprint density at radius 2 is 2.35 bits per heavy atom. The van der Waals surface area contributed by atoms with Crippen LogP contribution in [0.1, 0.15) is 43.1 Å². The van der Waals surface area contributed by atoms with Crippen LogP contribution < -0.4 is 5.73 Å². The summed E-state index contributed by atoms with van der Waals surface area (Å²) in [6.45, 7) is 2.97. The van der Waals surface area contributed by atoms with E-state index in [1.165, 1.54) is 6.42 Å². The Labute approximate surface area is 102 Å². The number of carbonyl (C=O) groups excluding carboxylic acids is 1. The normalized spacial score (nSPS) is 20.3. The van der Waals surface area contributed by atoms with Gasteiger partial charge in [-0.25, -0.2) is 4.98 Å². The number of carbonyl (C=O) groups is 1. The predicted octanol–water partition coefficient (Wildman–Crippen LogP) is 2.07. The number of hydrogen-bond acceptors (Lipinski definition) is 3. The zero-order chi connectivity index (χ0) is 12.3. The second-order valence-electron chi connectivity index (χ2n) is 4.50. The molecule has 0 spiro atoms. The molecular formula is C13H19N3O. The van der Waals surface area contributed by atoms with Crippen molar-refractivity contribution in [3.63, 3.8) is 0 Å². The van der Waals surface area contributed by atoms with Crippen LogP contribution in [0.5, 0.6) is 0 Å². The van der Waals surface area contributed by atoms with Gasteiger partial charge in [-0.15, -0.1) is 0 Å². The van der Waals surface area contributed by atoms with Crippen molar-refractivity contribution < 1.29 is 4.79 Å². The van der Waals surface area contributed by atoms with Crippen LogP contribution in [-0.2, 0) is 0 Å². The number of likely N-dealkylation sites (tertiary alicyclic amines) is 1. The topological polar surface area (TPSA) is 59.2 Å². The number of nitrogen functional groups attached to an aromatic ring is 1. The quantitative estimate of drug-likeness (QED) is 0.850. The minimum Gasteiger partial charge on any atom is -0.384 e. The van der Waals surface area contributed by atoms with Crippen LogP contribution in [0.15, 0.2) is 18.2 Å². The van der Waals surface area contributed by atoms with E-state index < -0.39 is 0 Å². The van der Waals surface area contributed by atoms with Crippen molar-refractivity contribution in [3.8, 4) is 0 Å². The summed E-state index contributed by atoms with van der Waals surface area (Å²) in [5.41, 5.74) is 6.07. The monoisotopic (exact) mass is 233 g/mol. The van der Waals surface area contributed by atoms with Gasteiger partial charge in [-0.1, -0.05) is 13.0 Å². The lowest BCUT2D eigenvalue weighted by atomic mass is 9.99. The Hall–Kier alpha value is -1.58. The molecule has 1 aliphatic rings. The average Bonchev–Trinajstić information content (AvgIpc) is 2.38.